The maximum atomic E-state index is 12.1. The van der Waals surface area contributed by atoms with Gasteiger partial charge in [-0.05, 0) is 23.8 Å². The molecule has 5 heteroatoms. The summed E-state index contributed by atoms with van der Waals surface area (Å²) in [4.78, 5) is 12.1. The molecule has 2 rings (SSSR count). The molecule has 0 radical (unpaired) electrons. The smallest absolute Gasteiger partial charge is 0.229 e. The van der Waals surface area contributed by atoms with E-state index in [2.05, 4.69) is 5.32 Å². The van der Waals surface area contributed by atoms with Gasteiger partial charge in [0.25, 0.3) is 0 Å². The number of nitrogens with two attached hydrogens (primary N) is 1. The van der Waals surface area contributed by atoms with Gasteiger partial charge in [-0.3, -0.25) is 4.79 Å². The summed E-state index contributed by atoms with van der Waals surface area (Å²) in [5.41, 5.74) is 7.85. The third kappa shape index (κ3) is 3.31. The number of benzene rings is 2. The quantitative estimate of drug-likeness (QED) is 0.842. The number of nitrogens with one attached hydrogen (secondary N) is 1. The van der Waals surface area contributed by atoms with Crippen molar-refractivity contribution < 1.29 is 9.53 Å². The monoisotopic (exact) mass is 281 g/mol. The average Bonchev–Trinajstić information content (AvgIpc) is 2.49. The van der Waals surface area contributed by atoms with Crippen molar-refractivity contribution in [1.29, 1.82) is 5.26 Å². The number of nitriles is 1. The molecule has 5 nitrogen and oxygen atoms in total. The Morgan fingerprint density at radius 2 is 2.05 bits per heavy atom. The Morgan fingerprint density at radius 1 is 1.29 bits per heavy atom. The first-order chi connectivity index (χ1) is 10.2. The predicted octanol–water partition coefficient (Wildman–Crippen LogP) is 2.33. The van der Waals surface area contributed by atoms with Gasteiger partial charge in [-0.15, -0.1) is 0 Å². The van der Waals surface area contributed by atoms with E-state index >= 15 is 0 Å². The van der Waals surface area contributed by atoms with Crippen LogP contribution in [0, 0.1) is 11.3 Å². The molecule has 1 amide bonds. The molecule has 0 saturated carbocycles. The van der Waals surface area contributed by atoms with E-state index in [9.17, 15) is 4.79 Å². The molecule has 0 spiro atoms. The van der Waals surface area contributed by atoms with Crippen LogP contribution in [0.1, 0.15) is 11.1 Å². The van der Waals surface area contributed by atoms with Crippen LogP contribution in [0.15, 0.2) is 42.5 Å². The van der Waals surface area contributed by atoms with Crippen LogP contribution in [-0.2, 0) is 11.2 Å². The van der Waals surface area contributed by atoms with Gasteiger partial charge in [0, 0.05) is 5.69 Å². The zero-order valence-corrected chi connectivity index (χ0v) is 11.6. The van der Waals surface area contributed by atoms with E-state index in [4.69, 9.17) is 15.7 Å². The molecule has 0 aromatic heterocycles. The highest BCUT2D eigenvalue weighted by Gasteiger charge is 2.13. The summed E-state index contributed by atoms with van der Waals surface area (Å²) in [7, 11) is 1.49. The number of carbonyl (C=O) groups is 1. The van der Waals surface area contributed by atoms with Gasteiger partial charge in [-0.1, -0.05) is 24.3 Å². The summed E-state index contributed by atoms with van der Waals surface area (Å²) in [5, 5.41) is 11.8. The minimum atomic E-state index is -0.256. The van der Waals surface area contributed by atoms with E-state index in [0.29, 0.717) is 22.7 Å². The lowest BCUT2D eigenvalue weighted by atomic mass is 10.1. The largest absolute Gasteiger partial charge is 0.495 e. The van der Waals surface area contributed by atoms with Crippen LogP contribution in [0.25, 0.3) is 0 Å². The van der Waals surface area contributed by atoms with E-state index in [1.807, 2.05) is 18.2 Å². The molecule has 2 aromatic rings. The summed E-state index contributed by atoms with van der Waals surface area (Å²) >= 11 is 0. The Bertz CT molecular complexity index is 705. The maximum absolute atomic E-state index is 12.1. The Morgan fingerprint density at radius 3 is 2.71 bits per heavy atom. The van der Waals surface area contributed by atoms with Crippen molar-refractivity contribution in [3.05, 3.63) is 53.6 Å². The van der Waals surface area contributed by atoms with Gasteiger partial charge in [0.15, 0.2) is 0 Å². The third-order valence-corrected chi connectivity index (χ3v) is 3.04. The van der Waals surface area contributed by atoms with Crippen molar-refractivity contribution in [3.63, 3.8) is 0 Å². The number of carbonyl (C=O) groups excluding carboxylic acids is 1. The second-order valence-corrected chi connectivity index (χ2v) is 4.42. The molecule has 21 heavy (non-hydrogen) atoms. The molecule has 0 aliphatic carbocycles. The van der Waals surface area contributed by atoms with Crippen molar-refractivity contribution in [2.75, 3.05) is 18.2 Å². The summed E-state index contributed by atoms with van der Waals surface area (Å²) in [6.07, 6.45) is 0.135. The number of rotatable bonds is 4. The Hall–Kier alpha value is -3.00. The normalized spacial score (nSPS) is 9.71. The highest BCUT2D eigenvalue weighted by Crippen LogP contribution is 2.28. The van der Waals surface area contributed by atoms with Crippen molar-refractivity contribution >= 4 is 17.3 Å². The fraction of sp³-hybridized carbons (Fsp3) is 0.125. The number of nitrogens with zero attached hydrogens (tertiary/aromatic N) is 1. The number of anilines is 2. The SMILES string of the molecule is COc1cccc(C#N)c1NC(=O)Cc1ccccc1N. The average molecular weight is 281 g/mol. The third-order valence-electron chi connectivity index (χ3n) is 3.04. The van der Waals surface area contributed by atoms with E-state index in [-0.39, 0.29) is 12.3 Å². The van der Waals surface area contributed by atoms with E-state index in [0.717, 1.165) is 5.56 Å². The minimum Gasteiger partial charge on any atom is -0.495 e. The molecular weight excluding hydrogens is 266 g/mol. The van der Waals surface area contributed by atoms with Gasteiger partial charge in [0.05, 0.1) is 19.1 Å². The highest BCUT2D eigenvalue weighted by molar-refractivity contribution is 5.95. The number of hydrogen-bond acceptors (Lipinski definition) is 4. The first-order valence-corrected chi connectivity index (χ1v) is 6.36. The van der Waals surface area contributed by atoms with Crippen molar-refractivity contribution in [2.45, 2.75) is 6.42 Å². The van der Waals surface area contributed by atoms with Crippen molar-refractivity contribution in [3.8, 4) is 11.8 Å². The highest BCUT2D eigenvalue weighted by atomic mass is 16.5. The molecule has 3 N–H and O–H groups in total. The number of amides is 1. The first kappa shape index (κ1) is 14.4. The zero-order valence-electron chi connectivity index (χ0n) is 11.6. The number of methoxy groups -OCH3 is 1. The Labute approximate surface area is 123 Å². The van der Waals surface area contributed by atoms with Crippen LogP contribution in [0.4, 0.5) is 11.4 Å². The number of nitrogen functional groups attached to an aromatic ring is 1. The van der Waals surface area contributed by atoms with Crippen molar-refractivity contribution in [1.82, 2.24) is 0 Å². The van der Waals surface area contributed by atoms with Crippen LogP contribution in [0.5, 0.6) is 5.75 Å². The molecule has 0 aliphatic heterocycles. The van der Waals surface area contributed by atoms with E-state index in [1.165, 1.54) is 7.11 Å². The Balaban J connectivity index is 2.21. The molecule has 0 atom stereocenters. The Kier molecular flexibility index (Phi) is 4.42. The van der Waals surface area contributed by atoms with Crippen LogP contribution in [-0.4, -0.2) is 13.0 Å². The topological polar surface area (TPSA) is 88.1 Å². The van der Waals surface area contributed by atoms with Gasteiger partial charge in [-0.25, -0.2) is 0 Å². The lowest BCUT2D eigenvalue weighted by Gasteiger charge is -2.12. The molecule has 0 saturated heterocycles. The first-order valence-electron chi connectivity index (χ1n) is 6.36. The van der Waals surface area contributed by atoms with Crippen LogP contribution in [0.3, 0.4) is 0 Å². The number of para-hydroxylation sites is 2. The molecule has 0 heterocycles. The van der Waals surface area contributed by atoms with Crippen LogP contribution < -0.4 is 15.8 Å². The maximum Gasteiger partial charge on any atom is 0.229 e. The fourth-order valence-corrected chi connectivity index (χ4v) is 1.98. The molecule has 0 aliphatic rings. The van der Waals surface area contributed by atoms with Gasteiger partial charge in [-0.2, -0.15) is 5.26 Å². The number of ether oxygens (including phenoxy) is 1. The van der Waals surface area contributed by atoms with Crippen LogP contribution >= 0.6 is 0 Å². The summed E-state index contributed by atoms with van der Waals surface area (Å²) in [5.74, 6) is 0.192. The van der Waals surface area contributed by atoms with E-state index in [1.54, 1.807) is 30.3 Å². The summed E-state index contributed by atoms with van der Waals surface area (Å²) in [6, 6.07) is 14.2. The zero-order chi connectivity index (χ0) is 15.2. The number of hydrogen-bond donors (Lipinski definition) is 2. The lowest BCUT2D eigenvalue weighted by Crippen LogP contribution is -2.16. The lowest BCUT2D eigenvalue weighted by molar-refractivity contribution is -0.115. The fourth-order valence-electron chi connectivity index (χ4n) is 1.98. The predicted molar refractivity (Wildman–Crippen MR) is 80.9 cm³/mol. The minimum absolute atomic E-state index is 0.135. The molecule has 0 fully saturated rings. The van der Waals surface area contributed by atoms with Crippen LogP contribution in [0.2, 0.25) is 0 Å². The van der Waals surface area contributed by atoms with Gasteiger partial charge < -0.3 is 15.8 Å². The van der Waals surface area contributed by atoms with Gasteiger partial charge in [0.1, 0.15) is 17.5 Å². The standard InChI is InChI=1S/C16H15N3O2/c1-21-14-8-4-6-12(10-17)16(14)19-15(20)9-11-5-2-3-7-13(11)18/h2-8H,9,18H2,1H3,(H,19,20). The second-order valence-electron chi connectivity index (χ2n) is 4.42. The molecular formula is C16H15N3O2. The molecule has 106 valence electrons. The van der Waals surface area contributed by atoms with Crippen molar-refractivity contribution in [2.24, 2.45) is 0 Å². The second kappa shape index (κ2) is 6.44. The molecule has 0 bridgehead atoms. The van der Waals surface area contributed by atoms with Gasteiger partial charge in [0.2, 0.25) is 5.91 Å². The summed E-state index contributed by atoms with van der Waals surface area (Å²) in [6.45, 7) is 0. The van der Waals surface area contributed by atoms with Gasteiger partial charge >= 0.3 is 0 Å². The molecule has 2 aromatic carbocycles. The molecule has 0 unspecified atom stereocenters. The summed E-state index contributed by atoms with van der Waals surface area (Å²) < 4.78 is 5.17. The van der Waals surface area contributed by atoms with E-state index < -0.39 is 0 Å².